The van der Waals surface area contributed by atoms with E-state index in [1.165, 1.54) is 16.7 Å². The third-order valence-corrected chi connectivity index (χ3v) is 5.02. The molecule has 1 aliphatic heterocycles. The summed E-state index contributed by atoms with van der Waals surface area (Å²) >= 11 is 0. The van der Waals surface area contributed by atoms with E-state index in [1.807, 2.05) is 18.7 Å². The third kappa shape index (κ3) is 5.58. The minimum atomic E-state index is -0.0578. The lowest BCUT2D eigenvalue weighted by atomic mass is 9.96. The minimum absolute atomic E-state index is 0.000407. The summed E-state index contributed by atoms with van der Waals surface area (Å²) in [4.78, 5) is 26.4. The molecule has 0 bridgehead atoms. The Bertz CT molecular complexity index is 610. The number of carbonyl (C=O) groups excluding carboxylic acids is 2. The van der Waals surface area contributed by atoms with Gasteiger partial charge in [0, 0.05) is 25.6 Å². The lowest BCUT2D eigenvalue weighted by Crippen LogP contribution is -2.46. The van der Waals surface area contributed by atoms with Crippen LogP contribution in [0.3, 0.4) is 0 Å². The Hall–Kier alpha value is -1.84. The molecular weight excluding hydrogens is 312 g/mol. The maximum atomic E-state index is 12.4. The molecule has 2 rings (SSSR count). The highest BCUT2D eigenvalue weighted by molar-refractivity contribution is 5.82. The molecule has 1 aliphatic rings. The predicted molar refractivity (Wildman–Crippen MR) is 101 cm³/mol. The largest absolute Gasteiger partial charge is 0.356 e. The number of amides is 2. The molecule has 2 amide bonds. The van der Waals surface area contributed by atoms with Crippen molar-refractivity contribution < 1.29 is 9.59 Å². The molecule has 1 aromatic rings. The highest BCUT2D eigenvalue weighted by Gasteiger charge is 2.28. The first kappa shape index (κ1) is 19.5. The van der Waals surface area contributed by atoms with E-state index in [2.05, 4.69) is 37.4 Å². The van der Waals surface area contributed by atoms with Crippen molar-refractivity contribution in [3.63, 3.8) is 0 Å². The molecule has 1 aromatic carbocycles. The van der Waals surface area contributed by atoms with Crippen LogP contribution in [0.5, 0.6) is 0 Å². The standard InChI is InChI=1S/C21H32N2O2/c1-15(2)21(25)23-12-6-8-19(14-23)20(24)22-11-5-7-18-10-9-16(3)13-17(18)4/h9-10,13,15,19H,5-8,11-12,14H2,1-4H3,(H,22,24)/t19-/m0/s1. The van der Waals surface area contributed by atoms with Crippen molar-refractivity contribution in [2.45, 2.75) is 53.4 Å². The first-order valence-corrected chi connectivity index (χ1v) is 9.51. The van der Waals surface area contributed by atoms with Gasteiger partial charge in [0.25, 0.3) is 0 Å². The Morgan fingerprint density at radius 2 is 2.04 bits per heavy atom. The van der Waals surface area contributed by atoms with E-state index in [9.17, 15) is 9.59 Å². The normalized spacial score (nSPS) is 17.6. The van der Waals surface area contributed by atoms with Crippen LogP contribution in [0.15, 0.2) is 18.2 Å². The molecule has 4 heteroatoms. The summed E-state index contributed by atoms with van der Waals surface area (Å²) < 4.78 is 0. The fraction of sp³-hybridized carbons (Fsp3) is 0.619. The fourth-order valence-electron chi connectivity index (χ4n) is 3.52. The van der Waals surface area contributed by atoms with Crippen molar-refractivity contribution in [3.05, 3.63) is 34.9 Å². The van der Waals surface area contributed by atoms with E-state index >= 15 is 0 Å². The number of nitrogens with one attached hydrogen (secondary N) is 1. The van der Waals surface area contributed by atoms with Crippen molar-refractivity contribution in [2.24, 2.45) is 11.8 Å². The zero-order valence-electron chi connectivity index (χ0n) is 16.1. The molecule has 1 heterocycles. The van der Waals surface area contributed by atoms with Crippen LogP contribution in [-0.4, -0.2) is 36.3 Å². The number of carbonyl (C=O) groups is 2. The van der Waals surface area contributed by atoms with Gasteiger partial charge in [0.15, 0.2) is 0 Å². The molecule has 0 radical (unpaired) electrons. The Kier molecular flexibility index (Phi) is 7.03. The quantitative estimate of drug-likeness (QED) is 0.806. The Balaban J connectivity index is 1.75. The van der Waals surface area contributed by atoms with Gasteiger partial charge in [0.1, 0.15) is 0 Å². The first-order valence-electron chi connectivity index (χ1n) is 9.51. The summed E-state index contributed by atoms with van der Waals surface area (Å²) in [5.74, 6) is 0.200. The number of rotatable bonds is 6. The van der Waals surface area contributed by atoms with Crippen LogP contribution >= 0.6 is 0 Å². The second-order valence-corrected chi connectivity index (χ2v) is 7.60. The molecule has 25 heavy (non-hydrogen) atoms. The van der Waals surface area contributed by atoms with Gasteiger partial charge < -0.3 is 10.2 Å². The topological polar surface area (TPSA) is 49.4 Å². The van der Waals surface area contributed by atoms with Crippen LogP contribution < -0.4 is 5.32 Å². The summed E-state index contributed by atoms with van der Waals surface area (Å²) in [6.45, 7) is 10.1. The first-order chi connectivity index (χ1) is 11.9. The van der Waals surface area contributed by atoms with Crippen molar-refractivity contribution in [1.82, 2.24) is 10.2 Å². The average Bonchev–Trinajstić information content (AvgIpc) is 2.59. The average molecular weight is 344 g/mol. The summed E-state index contributed by atoms with van der Waals surface area (Å²) in [6.07, 6.45) is 3.72. The van der Waals surface area contributed by atoms with Crippen LogP contribution in [0, 0.1) is 25.7 Å². The number of aryl methyl sites for hydroxylation is 3. The Morgan fingerprint density at radius 3 is 2.72 bits per heavy atom. The van der Waals surface area contributed by atoms with E-state index < -0.39 is 0 Å². The molecule has 0 spiro atoms. The maximum Gasteiger partial charge on any atom is 0.225 e. The van der Waals surface area contributed by atoms with E-state index in [4.69, 9.17) is 0 Å². The summed E-state index contributed by atoms with van der Waals surface area (Å²) in [6, 6.07) is 6.53. The second kappa shape index (κ2) is 9.02. The second-order valence-electron chi connectivity index (χ2n) is 7.60. The summed E-state index contributed by atoms with van der Waals surface area (Å²) in [7, 11) is 0. The van der Waals surface area contributed by atoms with Crippen LogP contribution in [0.1, 0.15) is 49.8 Å². The highest BCUT2D eigenvalue weighted by atomic mass is 16.2. The molecule has 1 saturated heterocycles. The smallest absolute Gasteiger partial charge is 0.225 e. The van der Waals surface area contributed by atoms with Gasteiger partial charge in [0.05, 0.1) is 5.92 Å². The molecule has 1 N–H and O–H groups in total. The van der Waals surface area contributed by atoms with E-state index in [1.54, 1.807) is 0 Å². The van der Waals surface area contributed by atoms with Crippen LogP contribution in [0.4, 0.5) is 0 Å². The van der Waals surface area contributed by atoms with Gasteiger partial charge in [-0.3, -0.25) is 9.59 Å². The SMILES string of the molecule is Cc1ccc(CCCNC(=O)[C@H]2CCCN(C(=O)C(C)C)C2)c(C)c1. The zero-order chi connectivity index (χ0) is 18.4. The molecule has 0 unspecified atom stereocenters. The van der Waals surface area contributed by atoms with Gasteiger partial charge in [-0.15, -0.1) is 0 Å². The van der Waals surface area contributed by atoms with E-state index in [-0.39, 0.29) is 23.7 Å². The van der Waals surface area contributed by atoms with Crippen molar-refractivity contribution in [2.75, 3.05) is 19.6 Å². The molecule has 1 atom stereocenters. The van der Waals surface area contributed by atoms with Crippen LogP contribution in [-0.2, 0) is 16.0 Å². The highest BCUT2D eigenvalue weighted by Crippen LogP contribution is 2.18. The molecular formula is C21H32N2O2. The van der Waals surface area contributed by atoms with Crippen molar-refractivity contribution in [1.29, 1.82) is 0 Å². The van der Waals surface area contributed by atoms with Gasteiger partial charge >= 0.3 is 0 Å². The third-order valence-electron chi connectivity index (χ3n) is 5.02. The lowest BCUT2D eigenvalue weighted by Gasteiger charge is -2.33. The molecule has 138 valence electrons. The molecule has 1 fully saturated rings. The monoisotopic (exact) mass is 344 g/mol. The Labute approximate surface area is 152 Å². The zero-order valence-corrected chi connectivity index (χ0v) is 16.1. The van der Waals surface area contributed by atoms with Crippen LogP contribution in [0.25, 0.3) is 0 Å². The fourth-order valence-corrected chi connectivity index (χ4v) is 3.52. The molecule has 0 saturated carbocycles. The number of piperidine rings is 1. The van der Waals surface area contributed by atoms with Crippen molar-refractivity contribution >= 4 is 11.8 Å². The lowest BCUT2D eigenvalue weighted by molar-refractivity contribution is -0.138. The van der Waals surface area contributed by atoms with Crippen molar-refractivity contribution in [3.8, 4) is 0 Å². The molecule has 4 nitrogen and oxygen atoms in total. The minimum Gasteiger partial charge on any atom is -0.356 e. The van der Waals surface area contributed by atoms with Gasteiger partial charge in [-0.1, -0.05) is 37.6 Å². The van der Waals surface area contributed by atoms with Gasteiger partial charge in [-0.2, -0.15) is 0 Å². The van der Waals surface area contributed by atoms with Gasteiger partial charge in [-0.05, 0) is 50.7 Å². The molecule has 0 aromatic heterocycles. The predicted octanol–water partition coefficient (Wildman–Crippen LogP) is 3.25. The summed E-state index contributed by atoms with van der Waals surface area (Å²) in [5, 5.41) is 3.07. The van der Waals surface area contributed by atoms with E-state index in [0.29, 0.717) is 13.1 Å². The number of benzene rings is 1. The number of nitrogens with zero attached hydrogens (tertiary/aromatic N) is 1. The Morgan fingerprint density at radius 1 is 1.28 bits per heavy atom. The van der Waals surface area contributed by atoms with Gasteiger partial charge in [-0.25, -0.2) is 0 Å². The number of likely N-dealkylation sites (tertiary alicyclic amines) is 1. The molecule has 0 aliphatic carbocycles. The van der Waals surface area contributed by atoms with Gasteiger partial charge in [0.2, 0.25) is 11.8 Å². The summed E-state index contributed by atoms with van der Waals surface area (Å²) in [5.41, 5.74) is 3.96. The number of hydrogen-bond acceptors (Lipinski definition) is 2. The number of hydrogen-bond donors (Lipinski definition) is 1. The maximum absolute atomic E-state index is 12.4. The van der Waals surface area contributed by atoms with E-state index in [0.717, 1.165) is 32.2 Å². The van der Waals surface area contributed by atoms with Crippen LogP contribution in [0.2, 0.25) is 0 Å².